The zero-order valence-corrected chi connectivity index (χ0v) is 18.1. The molecule has 1 aliphatic heterocycles. The van der Waals surface area contributed by atoms with Crippen LogP contribution in [0.3, 0.4) is 0 Å². The van der Waals surface area contributed by atoms with Gasteiger partial charge in [0.05, 0.1) is 12.1 Å². The molecule has 1 aromatic carbocycles. The van der Waals surface area contributed by atoms with E-state index in [0.29, 0.717) is 25.1 Å². The molecule has 3 N–H and O–H groups in total. The molecule has 1 unspecified atom stereocenters. The van der Waals surface area contributed by atoms with Gasteiger partial charge in [-0.2, -0.15) is 0 Å². The monoisotopic (exact) mass is 450 g/mol. The summed E-state index contributed by atoms with van der Waals surface area (Å²) in [6.07, 6.45) is 5.76. The molecule has 1 aliphatic rings. The molecule has 162 valence electrons. The first-order valence-electron chi connectivity index (χ1n) is 9.70. The third-order valence-corrected chi connectivity index (χ3v) is 6.14. The number of rotatable bonds is 9. The lowest BCUT2D eigenvalue weighted by Gasteiger charge is -2.34. The minimum atomic E-state index is -3.73. The molecule has 2 atom stereocenters. The van der Waals surface area contributed by atoms with Gasteiger partial charge in [-0.15, -0.1) is 11.3 Å². The maximum Gasteiger partial charge on any atom is 0.244 e. The maximum atomic E-state index is 12.6. The highest BCUT2D eigenvalue weighted by atomic mass is 32.2. The van der Waals surface area contributed by atoms with Crippen molar-refractivity contribution >= 4 is 27.3 Å². The topological polar surface area (TPSA) is 110 Å². The van der Waals surface area contributed by atoms with E-state index in [1.165, 1.54) is 0 Å². The van der Waals surface area contributed by atoms with Gasteiger partial charge >= 0.3 is 0 Å². The lowest BCUT2D eigenvalue weighted by molar-refractivity contribution is -0.135. The minimum Gasteiger partial charge on any atom is -0.476 e. The number of carbonyl (C=O) groups is 1. The Kier molecular flexibility index (Phi) is 7.65. The number of nitrogens with zero attached hydrogens (tertiary/aromatic N) is 1. The molecule has 1 saturated heterocycles. The van der Waals surface area contributed by atoms with E-state index < -0.39 is 22.1 Å². The summed E-state index contributed by atoms with van der Waals surface area (Å²) in [4.78, 5) is 15.5. The molecule has 3 rings (SSSR count). The number of piperidine rings is 1. The molecule has 7 nitrogen and oxygen atoms in total. The number of benzene rings is 1. The van der Waals surface area contributed by atoms with Gasteiger partial charge in [-0.05, 0) is 42.0 Å². The number of thiophene rings is 1. The van der Waals surface area contributed by atoms with Crippen LogP contribution < -0.4 is 9.88 Å². The fourth-order valence-corrected chi connectivity index (χ4v) is 4.45. The van der Waals surface area contributed by atoms with Crippen LogP contribution in [-0.4, -0.2) is 42.4 Å². The van der Waals surface area contributed by atoms with Crippen molar-refractivity contribution in [2.45, 2.75) is 44.4 Å². The van der Waals surface area contributed by atoms with Crippen molar-refractivity contribution < 1.29 is 23.1 Å². The van der Waals surface area contributed by atoms with E-state index in [1.54, 1.807) is 40.5 Å². The van der Waals surface area contributed by atoms with Gasteiger partial charge in [0, 0.05) is 24.3 Å². The molecule has 30 heavy (non-hydrogen) atoms. The summed E-state index contributed by atoms with van der Waals surface area (Å²) >= 11 is 1.61. The molecule has 1 fully saturated rings. The molecule has 0 spiro atoms. The van der Waals surface area contributed by atoms with E-state index in [4.69, 9.17) is 9.88 Å². The Morgan fingerprint density at radius 2 is 2.17 bits per heavy atom. The number of hydrogen-bond donors (Lipinski definition) is 2. The number of hydrogen-bond acceptors (Lipinski definition) is 6. The first-order chi connectivity index (χ1) is 14.3. The quantitative estimate of drug-likeness (QED) is 0.570. The zero-order valence-electron chi connectivity index (χ0n) is 16.5. The number of carbonyl (C=O) groups excluding carboxylic acids is 1. The summed E-state index contributed by atoms with van der Waals surface area (Å²) in [5.74, 6) is -0.170. The number of likely N-dealkylation sites (tertiary alicyclic amines) is 1. The van der Waals surface area contributed by atoms with E-state index in [0.717, 1.165) is 23.3 Å². The number of sulfonamides is 1. The molecular formula is C21H26N2O5S2. The van der Waals surface area contributed by atoms with E-state index in [-0.39, 0.29) is 11.9 Å². The van der Waals surface area contributed by atoms with Crippen molar-refractivity contribution in [3.63, 3.8) is 0 Å². The molecule has 0 radical (unpaired) electrons. The summed E-state index contributed by atoms with van der Waals surface area (Å²) in [5, 5.41) is 17.2. The predicted octanol–water partition coefficient (Wildman–Crippen LogP) is 2.41. The van der Waals surface area contributed by atoms with Gasteiger partial charge in [0.15, 0.2) is 0 Å². The summed E-state index contributed by atoms with van der Waals surface area (Å²) in [6.45, 7) is 0.376. The second kappa shape index (κ2) is 10.2. The van der Waals surface area contributed by atoms with Gasteiger partial charge in [0.1, 0.15) is 5.75 Å². The molecule has 1 amide bonds. The fourth-order valence-electron chi connectivity index (χ4n) is 3.39. The first kappa shape index (κ1) is 22.5. The van der Waals surface area contributed by atoms with Gasteiger partial charge < -0.3 is 14.7 Å². The average Bonchev–Trinajstić information content (AvgIpc) is 3.20. The minimum absolute atomic E-state index is 0.0551. The van der Waals surface area contributed by atoms with E-state index in [9.17, 15) is 18.3 Å². The average molecular weight is 451 g/mol. The van der Waals surface area contributed by atoms with Crippen LogP contribution in [0.5, 0.6) is 5.75 Å². The Balaban J connectivity index is 1.66. The van der Waals surface area contributed by atoms with E-state index >= 15 is 0 Å². The SMILES string of the molecule is NS(=O)(=O)COc1cccc(CN2C(=O)CCC[C@@H]2/C=C/C(O)Cc2cccs2)c1. The molecular weight excluding hydrogens is 424 g/mol. The number of amides is 1. The third kappa shape index (κ3) is 6.94. The van der Waals surface area contributed by atoms with Crippen LogP contribution in [0.25, 0.3) is 0 Å². The second-order valence-electron chi connectivity index (χ2n) is 7.29. The van der Waals surface area contributed by atoms with Crippen LogP contribution in [0.15, 0.2) is 53.9 Å². The fraction of sp³-hybridized carbons (Fsp3) is 0.381. The summed E-state index contributed by atoms with van der Waals surface area (Å²) in [7, 11) is -3.73. The standard InChI is InChI=1S/C21H26N2O5S2/c22-30(26,27)15-28-19-6-1-4-16(12-19)14-23-17(5-2-8-21(23)25)9-10-18(24)13-20-7-3-11-29-20/h1,3-4,6-7,9-12,17-18,24H,2,5,8,13-15H2,(H2,22,26,27)/b10-9+/t17-,18?/m1/s1. The smallest absolute Gasteiger partial charge is 0.244 e. The van der Waals surface area contributed by atoms with Crippen molar-refractivity contribution in [2.24, 2.45) is 5.14 Å². The van der Waals surface area contributed by atoms with Crippen molar-refractivity contribution in [3.8, 4) is 5.75 Å². The highest BCUT2D eigenvalue weighted by molar-refractivity contribution is 7.88. The van der Waals surface area contributed by atoms with Crippen LogP contribution >= 0.6 is 11.3 Å². The van der Waals surface area contributed by atoms with Crippen molar-refractivity contribution in [2.75, 3.05) is 5.94 Å². The zero-order chi connectivity index (χ0) is 21.6. The lowest BCUT2D eigenvalue weighted by Crippen LogP contribution is -2.42. The normalized spacial score (nSPS) is 18.7. The van der Waals surface area contributed by atoms with Crippen LogP contribution in [0.1, 0.15) is 29.7 Å². The van der Waals surface area contributed by atoms with Gasteiger partial charge in [0.25, 0.3) is 0 Å². The van der Waals surface area contributed by atoms with Gasteiger partial charge in [-0.1, -0.05) is 30.4 Å². The highest BCUT2D eigenvalue weighted by Crippen LogP contribution is 2.24. The number of ether oxygens (including phenoxy) is 1. The molecule has 0 aliphatic carbocycles. The van der Waals surface area contributed by atoms with Crippen LogP contribution in [0.4, 0.5) is 0 Å². The molecule has 2 heterocycles. The van der Waals surface area contributed by atoms with Gasteiger partial charge in [-0.3, -0.25) is 4.79 Å². The first-order valence-corrected chi connectivity index (χ1v) is 12.3. The number of nitrogens with two attached hydrogens (primary N) is 1. The summed E-state index contributed by atoms with van der Waals surface area (Å²) < 4.78 is 27.4. The Morgan fingerprint density at radius 3 is 2.90 bits per heavy atom. The van der Waals surface area contributed by atoms with Crippen LogP contribution in [0.2, 0.25) is 0 Å². The van der Waals surface area contributed by atoms with Crippen LogP contribution in [-0.2, 0) is 27.8 Å². The Labute approximate surface area is 180 Å². The third-order valence-electron chi connectivity index (χ3n) is 4.80. The molecule has 0 saturated carbocycles. The van der Waals surface area contributed by atoms with Crippen molar-refractivity contribution in [3.05, 3.63) is 64.4 Å². The number of primary sulfonamides is 1. The number of aliphatic hydroxyl groups excluding tert-OH is 1. The van der Waals surface area contributed by atoms with Crippen molar-refractivity contribution in [1.29, 1.82) is 0 Å². The molecule has 2 aromatic rings. The highest BCUT2D eigenvalue weighted by Gasteiger charge is 2.26. The molecule has 1 aromatic heterocycles. The largest absolute Gasteiger partial charge is 0.476 e. The predicted molar refractivity (Wildman–Crippen MR) is 116 cm³/mol. The summed E-state index contributed by atoms with van der Waals surface area (Å²) in [5.41, 5.74) is 0.828. The summed E-state index contributed by atoms with van der Waals surface area (Å²) in [6, 6.07) is 10.8. The van der Waals surface area contributed by atoms with Crippen molar-refractivity contribution in [1.82, 2.24) is 4.90 Å². The number of aliphatic hydroxyl groups is 1. The van der Waals surface area contributed by atoms with Crippen LogP contribution in [0, 0.1) is 0 Å². The second-order valence-corrected chi connectivity index (χ2v) is 9.88. The molecule has 0 bridgehead atoms. The Morgan fingerprint density at radius 1 is 1.33 bits per heavy atom. The van der Waals surface area contributed by atoms with Gasteiger partial charge in [-0.25, -0.2) is 13.6 Å². The van der Waals surface area contributed by atoms with Gasteiger partial charge in [0.2, 0.25) is 21.9 Å². The van der Waals surface area contributed by atoms with E-state index in [2.05, 4.69) is 0 Å². The Bertz CT molecular complexity index is 973. The lowest BCUT2D eigenvalue weighted by atomic mass is 9.99. The maximum absolute atomic E-state index is 12.6. The van der Waals surface area contributed by atoms with E-state index in [1.807, 2.05) is 29.7 Å². The Hall–Kier alpha value is -2.20. The molecule has 9 heteroatoms.